The number of piperidine rings is 1. The van der Waals surface area contributed by atoms with Crippen LogP contribution in [0.5, 0.6) is 5.75 Å². The van der Waals surface area contributed by atoms with E-state index >= 15 is 0 Å². The highest BCUT2D eigenvalue weighted by Crippen LogP contribution is 2.33. The number of aryl methyl sites for hydroxylation is 1. The van der Waals surface area contributed by atoms with E-state index in [1.165, 1.54) is 0 Å². The van der Waals surface area contributed by atoms with Crippen LogP contribution in [0.15, 0.2) is 30.6 Å². The van der Waals surface area contributed by atoms with Crippen molar-refractivity contribution in [3.8, 4) is 17.0 Å². The third kappa shape index (κ3) is 3.17. The predicted molar refractivity (Wildman–Crippen MR) is 101 cm³/mol. The van der Waals surface area contributed by atoms with Gasteiger partial charge in [-0.1, -0.05) is 6.07 Å². The fourth-order valence-corrected chi connectivity index (χ4v) is 3.48. The number of fused-ring (bicyclic) bond motifs is 1. The number of benzene rings is 1. The number of likely N-dealkylation sites (tertiary alicyclic amines) is 1. The van der Waals surface area contributed by atoms with Crippen molar-refractivity contribution in [3.63, 3.8) is 0 Å². The number of likely N-dealkylation sites (N-methyl/N-ethyl adjacent to an activating group) is 1. The van der Waals surface area contributed by atoms with Gasteiger partial charge in [0.1, 0.15) is 22.5 Å². The monoisotopic (exact) mass is 350 g/mol. The van der Waals surface area contributed by atoms with Crippen LogP contribution < -0.4 is 5.32 Å². The summed E-state index contributed by atoms with van der Waals surface area (Å²) in [4.78, 5) is 11.2. The van der Waals surface area contributed by atoms with Gasteiger partial charge in [0, 0.05) is 30.5 Å². The van der Waals surface area contributed by atoms with E-state index in [2.05, 4.69) is 37.4 Å². The van der Waals surface area contributed by atoms with Crippen LogP contribution in [0.3, 0.4) is 0 Å². The SMILES string of the molecule is Cc1ccc(-c2nnc(N[C@@H]3CCCN(C)C3)c3nccnc23)c(O)c1. The highest BCUT2D eigenvalue weighted by Gasteiger charge is 2.21. The summed E-state index contributed by atoms with van der Waals surface area (Å²) in [5, 5.41) is 22.5. The number of aromatic nitrogens is 4. The van der Waals surface area contributed by atoms with Gasteiger partial charge in [-0.2, -0.15) is 0 Å². The molecule has 0 unspecified atom stereocenters. The van der Waals surface area contributed by atoms with Gasteiger partial charge < -0.3 is 15.3 Å². The van der Waals surface area contributed by atoms with E-state index in [-0.39, 0.29) is 5.75 Å². The van der Waals surface area contributed by atoms with Crippen molar-refractivity contribution in [3.05, 3.63) is 36.2 Å². The molecule has 4 rings (SSSR count). The highest BCUT2D eigenvalue weighted by atomic mass is 16.3. The maximum absolute atomic E-state index is 10.3. The number of hydrogen-bond acceptors (Lipinski definition) is 7. The molecule has 0 spiro atoms. The molecule has 0 aliphatic carbocycles. The van der Waals surface area contributed by atoms with Crippen LogP contribution in [0.1, 0.15) is 18.4 Å². The van der Waals surface area contributed by atoms with Crippen LogP contribution in [-0.2, 0) is 0 Å². The zero-order chi connectivity index (χ0) is 18.1. The summed E-state index contributed by atoms with van der Waals surface area (Å²) in [6, 6.07) is 5.80. The molecule has 0 amide bonds. The minimum atomic E-state index is 0.167. The molecule has 1 aliphatic rings. The summed E-state index contributed by atoms with van der Waals surface area (Å²) in [5.41, 5.74) is 3.43. The Morgan fingerprint density at radius 1 is 1.15 bits per heavy atom. The molecule has 0 bridgehead atoms. The first kappa shape index (κ1) is 16.7. The lowest BCUT2D eigenvalue weighted by Gasteiger charge is -2.30. The van der Waals surface area contributed by atoms with Crippen molar-refractivity contribution in [2.75, 3.05) is 25.5 Å². The number of nitrogens with one attached hydrogen (secondary N) is 1. The fourth-order valence-electron chi connectivity index (χ4n) is 3.48. The normalized spacial score (nSPS) is 18.2. The number of nitrogens with zero attached hydrogens (tertiary/aromatic N) is 5. The van der Waals surface area contributed by atoms with E-state index in [4.69, 9.17) is 0 Å². The predicted octanol–water partition coefficient (Wildman–Crippen LogP) is 2.61. The van der Waals surface area contributed by atoms with Gasteiger partial charge in [-0.3, -0.25) is 4.98 Å². The molecule has 7 heteroatoms. The second-order valence-electron chi connectivity index (χ2n) is 6.92. The van der Waals surface area contributed by atoms with E-state index in [0.717, 1.165) is 31.5 Å². The average molecular weight is 350 g/mol. The Balaban J connectivity index is 1.76. The molecule has 134 valence electrons. The molecule has 0 radical (unpaired) electrons. The van der Waals surface area contributed by atoms with Crippen molar-refractivity contribution in [2.45, 2.75) is 25.8 Å². The summed E-state index contributed by atoms with van der Waals surface area (Å²) in [5.74, 6) is 0.810. The lowest BCUT2D eigenvalue weighted by atomic mass is 10.1. The molecule has 0 saturated carbocycles. The molecule has 26 heavy (non-hydrogen) atoms. The molecular weight excluding hydrogens is 328 g/mol. The van der Waals surface area contributed by atoms with Crippen LogP contribution in [-0.4, -0.2) is 56.4 Å². The van der Waals surface area contributed by atoms with Crippen LogP contribution in [0.2, 0.25) is 0 Å². The van der Waals surface area contributed by atoms with Gasteiger partial charge in [0.25, 0.3) is 0 Å². The van der Waals surface area contributed by atoms with Crippen molar-refractivity contribution < 1.29 is 5.11 Å². The Bertz CT molecular complexity index is 944. The Morgan fingerprint density at radius 2 is 1.96 bits per heavy atom. The van der Waals surface area contributed by atoms with Crippen LogP contribution >= 0.6 is 0 Å². The number of phenolic OH excluding ortho intramolecular Hbond substituents is 1. The molecule has 1 aliphatic heterocycles. The summed E-state index contributed by atoms with van der Waals surface area (Å²) in [7, 11) is 2.13. The number of aromatic hydroxyl groups is 1. The van der Waals surface area contributed by atoms with Gasteiger partial charge in [0.15, 0.2) is 5.82 Å². The van der Waals surface area contributed by atoms with Gasteiger partial charge in [0.05, 0.1) is 0 Å². The average Bonchev–Trinajstić information content (AvgIpc) is 2.63. The Kier molecular flexibility index (Phi) is 4.38. The molecule has 1 saturated heterocycles. The zero-order valence-corrected chi connectivity index (χ0v) is 15.0. The van der Waals surface area contributed by atoms with Gasteiger partial charge in [0.2, 0.25) is 0 Å². The largest absolute Gasteiger partial charge is 0.507 e. The summed E-state index contributed by atoms with van der Waals surface area (Å²) >= 11 is 0. The molecular formula is C19H22N6O. The van der Waals surface area contributed by atoms with E-state index in [0.29, 0.717) is 34.2 Å². The first-order chi connectivity index (χ1) is 12.6. The van der Waals surface area contributed by atoms with Crippen LogP contribution in [0.25, 0.3) is 22.3 Å². The van der Waals surface area contributed by atoms with E-state index in [1.807, 2.05) is 19.1 Å². The molecule has 2 N–H and O–H groups in total. The van der Waals surface area contributed by atoms with Gasteiger partial charge >= 0.3 is 0 Å². The summed E-state index contributed by atoms with van der Waals surface area (Å²) in [6.45, 7) is 4.02. The molecule has 2 aromatic heterocycles. The van der Waals surface area contributed by atoms with E-state index in [9.17, 15) is 5.11 Å². The number of phenols is 1. The van der Waals surface area contributed by atoms with Crippen LogP contribution in [0, 0.1) is 6.92 Å². The number of rotatable bonds is 3. The van der Waals surface area contributed by atoms with Gasteiger partial charge in [-0.15, -0.1) is 10.2 Å². The Hall–Kier alpha value is -2.80. The van der Waals surface area contributed by atoms with E-state index in [1.54, 1.807) is 18.5 Å². The van der Waals surface area contributed by atoms with Crippen molar-refractivity contribution in [1.29, 1.82) is 0 Å². The second-order valence-corrected chi connectivity index (χ2v) is 6.92. The Morgan fingerprint density at radius 3 is 2.73 bits per heavy atom. The smallest absolute Gasteiger partial charge is 0.177 e. The highest BCUT2D eigenvalue weighted by molar-refractivity contribution is 5.95. The number of hydrogen-bond donors (Lipinski definition) is 2. The minimum Gasteiger partial charge on any atom is -0.507 e. The maximum Gasteiger partial charge on any atom is 0.177 e. The van der Waals surface area contributed by atoms with E-state index < -0.39 is 0 Å². The van der Waals surface area contributed by atoms with Gasteiger partial charge in [-0.05, 0) is 51.1 Å². The third-order valence-corrected chi connectivity index (χ3v) is 4.77. The van der Waals surface area contributed by atoms with Crippen molar-refractivity contribution >= 4 is 16.9 Å². The molecule has 3 aromatic rings. The topological polar surface area (TPSA) is 87.1 Å². The Labute approximate surface area is 152 Å². The summed E-state index contributed by atoms with van der Waals surface area (Å²) in [6.07, 6.45) is 5.53. The quantitative estimate of drug-likeness (QED) is 0.751. The fraction of sp³-hybridized carbons (Fsp3) is 0.368. The van der Waals surface area contributed by atoms with Crippen LogP contribution in [0.4, 0.5) is 5.82 Å². The third-order valence-electron chi connectivity index (χ3n) is 4.77. The molecule has 3 heterocycles. The lowest BCUT2D eigenvalue weighted by molar-refractivity contribution is 0.261. The second kappa shape index (κ2) is 6.84. The van der Waals surface area contributed by atoms with Crippen molar-refractivity contribution in [1.82, 2.24) is 25.1 Å². The van der Waals surface area contributed by atoms with Gasteiger partial charge in [-0.25, -0.2) is 4.98 Å². The zero-order valence-electron chi connectivity index (χ0n) is 15.0. The first-order valence-corrected chi connectivity index (χ1v) is 8.84. The van der Waals surface area contributed by atoms with Crippen molar-refractivity contribution in [2.24, 2.45) is 0 Å². The summed E-state index contributed by atoms with van der Waals surface area (Å²) < 4.78 is 0. The standard InChI is InChI=1S/C19H22N6O/c1-12-5-6-14(15(26)10-12)16-17-18(21-8-7-20-17)19(24-23-16)22-13-4-3-9-25(2)11-13/h5-8,10,13,26H,3-4,9,11H2,1-2H3,(H,22,24)/t13-/m1/s1. The molecule has 7 nitrogen and oxygen atoms in total. The maximum atomic E-state index is 10.3. The first-order valence-electron chi connectivity index (χ1n) is 8.84. The lowest BCUT2D eigenvalue weighted by Crippen LogP contribution is -2.40. The molecule has 1 aromatic carbocycles. The number of anilines is 1. The minimum absolute atomic E-state index is 0.167. The molecule has 1 fully saturated rings. The molecule has 1 atom stereocenters.